The van der Waals surface area contributed by atoms with Gasteiger partial charge in [0.15, 0.2) is 0 Å². The third-order valence-electron chi connectivity index (χ3n) is 3.08. The zero-order chi connectivity index (χ0) is 18.9. The first kappa shape index (κ1) is 19.8. The SMILES string of the molecule is CCOC(=O)NC(=O)c1ccsc1NC(=O)CSc1ccc(OC)cc1. The molecule has 0 aliphatic heterocycles. The van der Waals surface area contributed by atoms with Crippen LogP contribution in [0.15, 0.2) is 40.6 Å². The fourth-order valence-electron chi connectivity index (χ4n) is 1.90. The number of amides is 3. The summed E-state index contributed by atoms with van der Waals surface area (Å²) in [5.41, 5.74) is 0.214. The van der Waals surface area contributed by atoms with Gasteiger partial charge in [-0.15, -0.1) is 23.1 Å². The van der Waals surface area contributed by atoms with Gasteiger partial charge in [-0.25, -0.2) is 4.79 Å². The highest BCUT2D eigenvalue weighted by Gasteiger charge is 2.17. The van der Waals surface area contributed by atoms with Gasteiger partial charge in [-0.3, -0.25) is 14.9 Å². The summed E-state index contributed by atoms with van der Waals surface area (Å²) < 4.78 is 9.75. The lowest BCUT2D eigenvalue weighted by molar-refractivity contribution is -0.113. The maximum atomic E-state index is 12.1. The lowest BCUT2D eigenvalue weighted by Gasteiger charge is -2.07. The second kappa shape index (κ2) is 9.83. The summed E-state index contributed by atoms with van der Waals surface area (Å²) in [6, 6.07) is 8.89. The third kappa shape index (κ3) is 5.78. The summed E-state index contributed by atoms with van der Waals surface area (Å²) in [5.74, 6) is 0.0549. The zero-order valence-electron chi connectivity index (χ0n) is 14.2. The molecule has 3 amide bonds. The number of benzene rings is 1. The minimum Gasteiger partial charge on any atom is -0.497 e. The molecule has 1 aromatic heterocycles. The maximum Gasteiger partial charge on any atom is 0.414 e. The first-order valence-corrected chi connectivity index (χ1v) is 9.52. The Morgan fingerprint density at radius 3 is 2.54 bits per heavy atom. The van der Waals surface area contributed by atoms with Gasteiger partial charge in [0.1, 0.15) is 10.8 Å². The number of thiophene rings is 1. The van der Waals surface area contributed by atoms with Crippen molar-refractivity contribution in [1.82, 2.24) is 5.32 Å². The molecule has 9 heteroatoms. The number of carbonyl (C=O) groups is 3. The molecule has 0 unspecified atom stereocenters. The second-order valence-electron chi connectivity index (χ2n) is 4.85. The number of carbonyl (C=O) groups excluding carboxylic acids is 3. The van der Waals surface area contributed by atoms with E-state index in [1.165, 1.54) is 29.2 Å². The fourth-order valence-corrected chi connectivity index (χ4v) is 3.39. The molecule has 2 aromatic rings. The van der Waals surface area contributed by atoms with Crippen molar-refractivity contribution in [3.05, 3.63) is 41.3 Å². The Morgan fingerprint density at radius 1 is 1.15 bits per heavy atom. The number of thioether (sulfide) groups is 1. The minimum absolute atomic E-state index is 0.162. The monoisotopic (exact) mass is 394 g/mol. The summed E-state index contributed by atoms with van der Waals surface area (Å²) in [6.45, 7) is 1.80. The van der Waals surface area contributed by atoms with Gasteiger partial charge in [0.25, 0.3) is 5.91 Å². The molecule has 2 N–H and O–H groups in total. The van der Waals surface area contributed by atoms with Gasteiger partial charge in [0.2, 0.25) is 5.91 Å². The quantitative estimate of drug-likeness (QED) is 0.700. The van der Waals surface area contributed by atoms with Crippen LogP contribution in [0.3, 0.4) is 0 Å². The molecule has 0 bridgehead atoms. The number of anilines is 1. The van der Waals surface area contributed by atoms with E-state index in [1.807, 2.05) is 24.3 Å². The van der Waals surface area contributed by atoms with Gasteiger partial charge in [-0.1, -0.05) is 0 Å². The molecule has 0 saturated heterocycles. The molecule has 0 spiro atoms. The molecule has 0 radical (unpaired) electrons. The molecule has 0 fully saturated rings. The van der Waals surface area contributed by atoms with E-state index in [9.17, 15) is 14.4 Å². The third-order valence-corrected chi connectivity index (χ3v) is 4.93. The fraction of sp³-hybridized carbons (Fsp3) is 0.235. The molecule has 138 valence electrons. The van der Waals surface area contributed by atoms with E-state index in [1.54, 1.807) is 19.4 Å². The number of methoxy groups -OCH3 is 1. The predicted molar refractivity (Wildman–Crippen MR) is 101 cm³/mol. The molecule has 7 nitrogen and oxygen atoms in total. The van der Waals surface area contributed by atoms with Crippen molar-refractivity contribution < 1.29 is 23.9 Å². The molecule has 0 saturated carbocycles. The molecule has 0 atom stereocenters. The van der Waals surface area contributed by atoms with Crippen LogP contribution in [-0.2, 0) is 9.53 Å². The molecule has 0 aliphatic carbocycles. The number of nitrogens with one attached hydrogen (secondary N) is 2. The van der Waals surface area contributed by atoms with Crippen molar-refractivity contribution in [3.63, 3.8) is 0 Å². The standard InChI is InChI=1S/C17H18N2O5S2/c1-3-24-17(22)19-15(21)13-8-9-25-16(13)18-14(20)10-26-12-6-4-11(23-2)5-7-12/h4-9H,3,10H2,1-2H3,(H,18,20)(H,19,21,22). The van der Waals surface area contributed by atoms with Crippen LogP contribution in [0.2, 0.25) is 0 Å². The maximum absolute atomic E-state index is 12.1. The Labute approximate surface area is 159 Å². The van der Waals surface area contributed by atoms with Crippen LogP contribution in [-0.4, -0.2) is 37.4 Å². The number of imide groups is 1. The molecule has 2 rings (SSSR count). The van der Waals surface area contributed by atoms with Gasteiger partial charge in [-0.05, 0) is 42.6 Å². The average Bonchev–Trinajstić information content (AvgIpc) is 3.08. The number of hydrogen-bond donors (Lipinski definition) is 2. The normalized spacial score (nSPS) is 10.1. The van der Waals surface area contributed by atoms with E-state index >= 15 is 0 Å². The average molecular weight is 394 g/mol. The summed E-state index contributed by atoms with van der Waals surface area (Å²) in [6.07, 6.45) is -0.823. The van der Waals surface area contributed by atoms with Crippen molar-refractivity contribution in [2.24, 2.45) is 0 Å². The summed E-state index contributed by atoms with van der Waals surface area (Å²) in [7, 11) is 1.59. The van der Waals surface area contributed by atoms with Crippen molar-refractivity contribution in [2.45, 2.75) is 11.8 Å². The van der Waals surface area contributed by atoms with Crippen LogP contribution in [0.1, 0.15) is 17.3 Å². The summed E-state index contributed by atoms with van der Waals surface area (Å²) in [5, 5.41) is 6.83. The second-order valence-corrected chi connectivity index (χ2v) is 6.82. The van der Waals surface area contributed by atoms with Gasteiger partial charge in [0, 0.05) is 4.90 Å². The Balaban J connectivity index is 1.90. The van der Waals surface area contributed by atoms with Crippen LogP contribution in [0, 0.1) is 0 Å². The first-order chi connectivity index (χ1) is 12.5. The number of hydrogen-bond acceptors (Lipinski definition) is 7. The Kier molecular flexibility index (Phi) is 7.49. The van der Waals surface area contributed by atoms with E-state index in [4.69, 9.17) is 4.74 Å². The molecule has 1 aromatic carbocycles. The molecule has 26 heavy (non-hydrogen) atoms. The van der Waals surface area contributed by atoms with E-state index in [0.29, 0.717) is 5.00 Å². The highest BCUT2D eigenvalue weighted by Crippen LogP contribution is 2.25. The van der Waals surface area contributed by atoms with Gasteiger partial charge in [-0.2, -0.15) is 0 Å². The zero-order valence-corrected chi connectivity index (χ0v) is 15.9. The summed E-state index contributed by atoms with van der Waals surface area (Å²) in [4.78, 5) is 36.5. The molecule has 1 heterocycles. The predicted octanol–water partition coefficient (Wildman–Crippen LogP) is 3.37. The number of ether oxygens (including phenoxy) is 2. The lowest BCUT2D eigenvalue weighted by atomic mass is 10.3. The highest BCUT2D eigenvalue weighted by molar-refractivity contribution is 8.00. The topological polar surface area (TPSA) is 93.7 Å². The van der Waals surface area contributed by atoms with Crippen LogP contribution >= 0.6 is 23.1 Å². The van der Waals surface area contributed by atoms with Crippen molar-refractivity contribution in [3.8, 4) is 5.75 Å². The van der Waals surface area contributed by atoms with Gasteiger partial charge >= 0.3 is 6.09 Å². The van der Waals surface area contributed by atoms with Crippen molar-refractivity contribution in [1.29, 1.82) is 0 Å². The smallest absolute Gasteiger partial charge is 0.414 e. The van der Waals surface area contributed by atoms with E-state index in [-0.39, 0.29) is 23.8 Å². The van der Waals surface area contributed by atoms with E-state index in [0.717, 1.165) is 10.6 Å². The van der Waals surface area contributed by atoms with Crippen LogP contribution < -0.4 is 15.4 Å². The number of alkyl carbamates (subject to hydrolysis) is 1. The Bertz CT molecular complexity index is 774. The Morgan fingerprint density at radius 2 is 1.88 bits per heavy atom. The van der Waals surface area contributed by atoms with Crippen LogP contribution in [0.4, 0.5) is 9.80 Å². The van der Waals surface area contributed by atoms with Crippen molar-refractivity contribution >= 4 is 46.0 Å². The first-order valence-electron chi connectivity index (χ1n) is 7.65. The minimum atomic E-state index is -0.823. The number of rotatable bonds is 7. The Hall–Kier alpha value is -2.52. The molecular formula is C17H18N2O5S2. The van der Waals surface area contributed by atoms with Crippen LogP contribution in [0.5, 0.6) is 5.75 Å². The molecule has 0 aliphatic rings. The van der Waals surface area contributed by atoms with E-state index < -0.39 is 12.0 Å². The lowest BCUT2D eigenvalue weighted by Crippen LogP contribution is -2.31. The highest BCUT2D eigenvalue weighted by atomic mass is 32.2. The van der Waals surface area contributed by atoms with E-state index in [2.05, 4.69) is 15.4 Å². The van der Waals surface area contributed by atoms with Gasteiger partial charge in [0.05, 0.1) is 25.0 Å². The molecular weight excluding hydrogens is 376 g/mol. The van der Waals surface area contributed by atoms with Gasteiger partial charge < -0.3 is 14.8 Å². The van der Waals surface area contributed by atoms with Crippen molar-refractivity contribution in [2.75, 3.05) is 24.8 Å². The largest absolute Gasteiger partial charge is 0.497 e. The van der Waals surface area contributed by atoms with Crippen LogP contribution in [0.25, 0.3) is 0 Å². The summed E-state index contributed by atoms with van der Waals surface area (Å²) >= 11 is 2.57.